The summed E-state index contributed by atoms with van der Waals surface area (Å²) in [5.41, 5.74) is 11.9. The van der Waals surface area contributed by atoms with Crippen molar-refractivity contribution in [2.24, 2.45) is 5.73 Å². The van der Waals surface area contributed by atoms with Crippen molar-refractivity contribution in [1.82, 2.24) is 9.55 Å². The molecule has 3 rings (SSSR count). The Morgan fingerprint density at radius 3 is 2.68 bits per heavy atom. The SMILES string of the molecule is Cc1ccc2c(c1)nc(CCCN)n2Cc1ccccc1C. The van der Waals surface area contributed by atoms with Crippen molar-refractivity contribution in [3.8, 4) is 0 Å². The van der Waals surface area contributed by atoms with Crippen LogP contribution >= 0.6 is 0 Å². The first-order chi connectivity index (χ1) is 10.7. The summed E-state index contributed by atoms with van der Waals surface area (Å²) >= 11 is 0. The van der Waals surface area contributed by atoms with Gasteiger partial charge in [-0.25, -0.2) is 4.98 Å². The average molecular weight is 293 g/mol. The second-order valence-electron chi connectivity index (χ2n) is 5.93. The van der Waals surface area contributed by atoms with E-state index in [1.54, 1.807) is 0 Å². The van der Waals surface area contributed by atoms with Crippen LogP contribution in [0.15, 0.2) is 42.5 Å². The van der Waals surface area contributed by atoms with E-state index >= 15 is 0 Å². The highest BCUT2D eigenvalue weighted by Gasteiger charge is 2.11. The maximum atomic E-state index is 5.68. The van der Waals surface area contributed by atoms with Crippen molar-refractivity contribution < 1.29 is 0 Å². The minimum Gasteiger partial charge on any atom is -0.330 e. The van der Waals surface area contributed by atoms with Crippen LogP contribution in [-0.4, -0.2) is 16.1 Å². The largest absolute Gasteiger partial charge is 0.330 e. The number of aryl methyl sites for hydroxylation is 3. The summed E-state index contributed by atoms with van der Waals surface area (Å²) in [6.45, 7) is 5.84. The lowest BCUT2D eigenvalue weighted by atomic mass is 10.1. The first-order valence-corrected chi connectivity index (χ1v) is 7.89. The predicted molar refractivity (Wildman–Crippen MR) is 92.1 cm³/mol. The Balaban J connectivity index is 2.07. The standard InChI is InChI=1S/C19H23N3/c1-14-9-10-18-17(12-14)21-19(8-5-11-20)22(18)13-16-7-4-3-6-15(16)2/h3-4,6-7,9-10,12H,5,8,11,13,20H2,1-2H3. The van der Waals surface area contributed by atoms with Crippen molar-refractivity contribution in [2.75, 3.05) is 6.54 Å². The van der Waals surface area contributed by atoms with E-state index in [4.69, 9.17) is 10.7 Å². The van der Waals surface area contributed by atoms with Gasteiger partial charge in [-0.2, -0.15) is 0 Å². The van der Waals surface area contributed by atoms with Gasteiger partial charge in [-0.15, -0.1) is 0 Å². The minimum absolute atomic E-state index is 0.701. The van der Waals surface area contributed by atoms with Crippen LogP contribution in [0.3, 0.4) is 0 Å². The van der Waals surface area contributed by atoms with Crippen LogP contribution in [0.2, 0.25) is 0 Å². The van der Waals surface area contributed by atoms with Gasteiger partial charge < -0.3 is 10.3 Å². The van der Waals surface area contributed by atoms with Crippen molar-refractivity contribution in [2.45, 2.75) is 33.2 Å². The number of hydrogen-bond donors (Lipinski definition) is 1. The third-order valence-electron chi connectivity index (χ3n) is 4.18. The Morgan fingerprint density at radius 1 is 1.09 bits per heavy atom. The maximum Gasteiger partial charge on any atom is 0.110 e. The monoisotopic (exact) mass is 293 g/mol. The number of hydrogen-bond acceptors (Lipinski definition) is 2. The van der Waals surface area contributed by atoms with Gasteiger partial charge in [0.05, 0.1) is 11.0 Å². The molecule has 2 N–H and O–H groups in total. The first kappa shape index (κ1) is 14.8. The topological polar surface area (TPSA) is 43.8 Å². The van der Waals surface area contributed by atoms with E-state index in [9.17, 15) is 0 Å². The lowest BCUT2D eigenvalue weighted by molar-refractivity contribution is 0.702. The highest BCUT2D eigenvalue weighted by molar-refractivity contribution is 5.77. The van der Waals surface area contributed by atoms with E-state index in [1.807, 2.05) is 0 Å². The van der Waals surface area contributed by atoms with Crippen LogP contribution in [0.4, 0.5) is 0 Å². The first-order valence-electron chi connectivity index (χ1n) is 7.89. The second kappa shape index (κ2) is 6.32. The second-order valence-corrected chi connectivity index (χ2v) is 5.93. The number of imidazole rings is 1. The van der Waals surface area contributed by atoms with Crippen LogP contribution in [0, 0.1) is 13.8 Å². The Bertz CT molecular complexity index is 786. The maximum absolute atomic E-state index is 5.68. The zero-order valence-corrected chi connectivity index (χ0v) is 13.3. The molecule has 0 saturated carbocycles. The molecule has 3 nitrogen and oxygen atoms in total. The van der Waals surface area contributed by atoms with Gasteiger partial charge in [-0.1, -0.05) is 30.3 Å². The zero-order chi connectivity index (χ0) is 15.5. The smallest absolute Gasteiger partial charge is 0.110 e. The van der Waals surface area contributed by atoms with E-state index < -0.39 is 0 Å². The van der Waals surface area contributed by atoms with E-state index in [2.05, 4.69) is 60.9 Å². The molecule has 0 spiro atoms. The number of fused-ring (bicyclic) bond motifs is 1. The van der Waals surface area contributed by atoms with E-state index in [0.29, 0.717) is 6.54 Å². The summed E-state index contributed by atoms with van der Waals surface area (Å²) in [5.74, 6) is 1.13. The molecule has 0 radical (unpaired) electrons. The van der Waals surface area contributed by atoms with Crippen molar-refractivity contribution in [3.63, 3.8) is 0 Å². The Kier molecular flexibility index (Phi) is 4.25. The molecule has 2 aromatic carbocycles. The molecular weight excluding hydrogens is 270 g/mol. The number of nitrogens with zero attached hydrogens (tertiary/aromatic N) is 2. The van der Waals surface area contributed by atoms with Crippen LogP contribution in [0.5, 0.6) is 0 Å². The summed E-state index contributed by atoms with van der Waals surface area (Å²) < 4.78 is 2.34. The molecular formula is C19H23N3. The molecule has 1 aromatic heterocycles. The van der Waals surface area contributed by atoms with Crippen LogP contribution in [0.1, 0.15) is 28.9 Å². The molecule has 0 aliphatic carbocycles. The number of nitrogens with two attached hydrogens (primary N) is 1. The van der Waals surface area contributed by atoms with Crippen molar-refractivity contribution >= 4 is 11.0 Å². The van der Waals surface area contributed by atoms with Crippen molar-refractivity contribution in [1.29, 1.82) is 0 Å². The van der Waals surface area contributed by atoms with Crippen LogP contribution in [-0.2, 0) is 13.0 Å². The predicted octanol–water partition coefficient (Wildman–Crippen LogP) is 3.59. The van der Waals surface area contributed by atoms with E-state index in [1.165, 1.54) is 22.2 Å². The average Bonchev–Trinajstić information content (AvgIpc) is 2.84. The quantitative estimate of drug-likeness (QED) is 0.781. The molecule has 0 fully saturated rings. The molecule has 0 saturated heterocycles. The summed E-state index contributed by atoms with van der Waals surface area (Å²) in [5, 5.41) is 0. The van der Waals surface area contributed by atoms with Crippen molar-refractivity contribution in [3.05, 3.63) is 65.0 Å². The van der Waals surface area contributed by atoms with Crippen LogP contribution in [0.25, 0.3) is 11.0 Å². The van der Waals surface area contributed by atoms with Gasteiger partial charge in [-0.05, 0) is 55.6 Å². The van der Waals surface area contributed by atoms with Gasteiger partial charge in [0, 0.05) is 13.0 Å². The van der Waals surface area contributed by atoms with E-state index in [0.717, 1.165) is 30.7 Å². The normalized spacial score (nSPS) is 11.2. The van der Waals surface area contributed by atoms with Gasteiger partial charge in [-0.3, -0.25) is 0 Å². The van der Waals surface area contributed by atoms with Gasteiger partial charge in [0.15, 0.2) is 0 Å². The molecule has 1 heterocycles. The Labute approximate surface area is 131 Å². The Morgan fingerprint density at radius 2 is 1.91 bits per heavy atom. The fourth-order valence-corrected chi connectivity index (χ4v) is 2.87. The number of benzene rings is 2. The molecule has 3 heteroatoms. The fourth-order valence-electron chi connectivity index (χ4n) is 2.87. The molecule has 0 aliphatic heterocycles. The highest BCUT2D eigenvalue weighted by Crippen LogP contribution is 2.21. The van der Waals surface area contributed by atoms with Gasteiger partial charge in [0.25, 0.3) is 0 Å². The summed E-state index contributed by atoms with van der Waals surface area (Å²) in [7, 11) is 0. The minimum atomic E-state index is 0.701. The molecule has 0 aliphatic rings. The molecule has 0 bridgehead atoms. The molecule has 0 atom stereocenters. The third kappa shape index (κ3) is 2.90. The number of rotatable bonds is 5. The van der Waals surface area contributed by atoms with Gasteiger partial charge in [0.2, 0.25) is 0 Å². The fraction of sp³-hybridized carbons (Fsp3) is 0.316. The van der Waals surface area contributed by atoms with Crippen LogP contribution < -0.4 is 5.73 Å². The van der Waals surface area contributed by atoms with Gasteiger partial charge >= 0.3 is 0 Å². The van der Waals surface area contributed by atoms with Gasteiger partial charge in [0.1, 0.15) is 5.82 Å². The number of aromatic nitrogens is 2. The zero-order valence-electron chi connectivity index (χ0n) is 13.3. The third-order valence-corrected chi connectivity index (χ3v) is 4.18. The summed E-state index contributed by atoms with van der Waals surface area (Å²) in [6, 6.07) is 15.1. The molecule has 0 unspecified atom stereocenters. The summed E-state index contributed by atoms with van der Waals surface area (Å²) in [4.78, 5) is 4.84. The molecule has 3 aromatic rings. The van der Waals surface area contributed by atoms with E-state index in [-0.39, 0.29) is 0 Å². The summed E-state index contributed by atoms with van der Waals surface area (Å²) in [6.07, 6.45) is 1.90. The highest BCUT2D eigenvalue weighted by atomic mass is 15.1. The molecule has 114 valence electrons. The Hall–Kier alpha value is -2.13. The molecule has 0 amide bonds. The lowest BCUT2D eigenvalue weighted by Crippen LogP contribution is -2.09. The molecule has 22 heavy (non-hydrogen) atoms. The lowest BCUT2D eigenvalue weighted by Gasteiger charge is -2.11.